The molecule has 0 amide bonds. The molecule has 0 spiro atoms. The first kappa shape index (κ1) is 19.3. The summed E-state index contributed by atoms with van der Waals surface area (Å²) >= 11 is 0. The number of carbonyl (C=O) groups is 1. The lowest BCUT2D eigenvalue weighted by Gasteiger charge is -2.35. The third-order valence-corrected chi connectivity index (χ3v) is 5.87. The summed E-state index contributed by atoms with van der Waals surface area (Å²) in [6, 6.07) is 24.7. The van der Waals surface area contributed by atoms with Gasteiger partial charge in [0.1, 0.15) is 0 Å². The van der Waals surface area contributed by atoms with Crippen molar-refractivity contribution in [2.24, 2.45) is 0 Å². The molecule has 3 aromatic carbocycles. The normalized spacial score (nSPS) is 18.6. The Balaban J connectivity index is 1.81. The van der Waals surface area contributed by atoms with Crippen LogP contribution in [0.3, 0.4) is 0 Å². The number of anilines is 1. The summed E-state index contributed by atoms with van der Waals surface area (Å²) < 4.78 is 0. The maximum absolute atomic E-state index is 11.9. The van der Waals surface area contributed by atoms with Gasteiger partial charge in [-0.15, -0.1) is 0 Å². The molecule has 4 rings (SSSR count). The van der Waals surface area contributed by atoms with Gasteiger partial charge in [0, 0.05) is 5.92 Å². The number of fused-ring (bicyclic) bond motifs is 1. The molecule has 1 aliphatic heterocycles. The van der Waals surface area contributed by atoms with Crippen LogP contribution in [0.4, 0.5) is 5.69 Å². The fourth-order valence-corrected chi connectivity index (χ4v) is 4.23. The Kier molecular flexibility index (Phi) is 4.91. The van der Waals surface area contributed by atoms with E-state index in [-0.39, 0.29) is 17.4 Å². The lowest BCUT2D eigenvalue weighted by Crippen LogP contribution is -2.24. The standard InChI is InChI=1S/C26H27NO2/c1-26(2,3)19-14-12-17(13-15-19)22-16-23(18-8-5-4-6-9-18)27-24-20(22)10-7-11-21(24)25(28)29/h4-15,22-23,27H,16H2,1-3H3,(H,28,29). The number of nitrogens with one attached hydrogen (secondary N) is 1. The van der Waals surface area contributed by atoms with Gasteiger partial charge in [-0.05, 0) is 40.2 Å². The summed E-state index contributed by atoms with van der Waals surface area (Å²) in [6.07, 6.45) is 0.884. The van der Waals surface area contributed by atoms with Gasteiger partial charge in [0.2, 0.25) is 0 Å². The van der Waals surface area contributed by atoms with E-state index in [9.17, 15) is 9.90 Å². The number of hydrogen-bond donors (Lipinski definition) is 2. The molecule has 3 aromatic rings. The van der Waals surface area contributed by atoms with Crippen molar-refractivity contribution in [1.29, 1.82) is 0 Å². The van der Waals surface area contributed by atoms with E-state index < -0.39 is 5.97 Å². The number of aromatic carboxylic acids is 1. The van der Waals surface area contributed by atoms with Crippen LogP contribution in [0.2, 0.25) is 0 Å². The minimum absolute atomic E-state index is 0.0662. The Morgan fingerprint density at radius 1 is 0.897 bits per heavy atom. The van der Waals surface area contributed by atoms with Crippen LogP contribution in [0.5, 0.6) is 0 Å². The number of carboxylic acid groups (broad SMARTS) is 1. The molecule has 0 bridgehead atoms. The van der Waals surface area contributed by atoms with Crippen LogP contribution < -0.4 is 5.32 Å². The van der Waals surface area contributed by atoms with Gasteiger partial charge in [-0.2, -0.15) is 0 Å². The average Bonchev–Trinajstić information content (AvgIpc) is 2.72. The molecule has 2 N–H and O–H groups in total. The van der Waals surface area contributed by atoms with Crippen LogP contribution in [-0.4, -0.2) is 11.1 Å². The monoisotopic (exact) mass is 385 g/mol. The number of rotatable bonds is 3. The second-order valence-corrected chi connectivity index (χ2v) is 8.84. The highest BCUT2D eigenvalue weighted by molar-refractivity contribution is 5.95. The van der Waals surface area contributed by atoms with Crippen molar-refractivity contribution in [1.82, 2.24) is 0 Å². The van der Waals surface area contributed by atoms with Gasteiger partial charge in [-0.1, -0.05) is 87.5 Å². The molecule has 3 nitrogen and oxygen atoms in total. The molecule has 2 unspecified atom stereocenters. The van der Waals surface area contributed by atoms with E-state index in [1.807, 2.05) is 24.3 Å². The van der Waals surface area contributed by atoms with Crippen molar-refractivity contribution in [3.63, 3.8) is 0 Å². The van der Waals surface area contributed by atoms with E-state index in [1.54, 1.807) is 6.07 Å². The van der Waals surface area contributed by atoms with Crippen molar-refractivity contribution < 1.29 is 9.90 Å². The van der Waals surface area contributed by atoms with E-state index in [0.717, 1.165) is 17.7 Å². The van der Waals surface area contributed by atoms with E-state index in [4.69, 9.17) is 0 Å². The molecule has 3 heteroatoms. The molecule has 0 radical (unpaired) electrons. The van der Waals surface area contributed by atoms with Crippen LogP contribution in [0.15, 0.2) is 72.8 Å². The number of benzene rings is 3. The van der Waals surface area contributed by atoms with Crippen molar-refractivity contribution in [2.45, 2.75) is 44.6 Å². The molecule has 0 saturated carbocycles. The zero-order chi connectivity index (χ0) is 20.6. The fourth-order valence-electron chi connectivity index (χ4n) is 4.23. The highest BCUT2D eigenvalue weighted by Crippen LogP contribution is 2.45. The van der Waals surface area contributed by atoms with Crippen LogP contribution >= 0.6 is 0 Å². The topological polar surface area (TPSA) is 49.3 Å². The molecular weight excluding hydrogens is 358 g/mol. The number of carboxylic acids is 1. The van der Waals surface area contributed by atoms with Crippen LogP contribution in [0, 0.1) is 0 Å². The van der Waals surface area contributed by atoms with Crippen LogP contribution in [0.25, 0.3) is 0 Å². The minimum atomic E-state index is -0.898. The molecule has 1 aliphatic rings. The quantitative estimate of drug-likeness (QED) is 0.551. The highest BCUT2D eigenvalue weighted by Gasteiger charge is 2.31. The van der Waals surface area contributed by atoms with Crippen LogP contribution in [0.1, 0.15) is 71.8 Å². The molecule has 1 heterocycles. The first-order chi connectivity index (χ1) is 13.8. The van der Waals surface area contributed by atoms with Crippen molar-refractivity contribution >= 4 is 11.7 Å². The Hall–Kier alpha value is -3.07. The maximum Gasteiger partial charge on any atom is 0.337 e. The second kappa shape index (κ2) is 7.40. The van der Waals surface area contributed by atoms with Crippen molar-refractivity contribution in [3.8, 4) is 0 Å². The molecule has 0 aromatic heterocycles. The van der Waals surface area contributed by atoms with E-state index in [0.29, 0.717) is 5.56 Å². The minimum Gasteiger partial charge on any atom is -0.478 e. The fraction of sp³-hybridized carbons (Fsp3) is 0.269. The molecule has 0 aliphatic carbocycles. The zero-order valence-electron chi connectivity index (χ0n) is 17.1. The average molecular weight is 386 g/mol. The van der Waals surface area contributed by atoms with Crippen molar-refractivity contribution in [3.05, 3.63) is 101 Å². The van der Waals surface area contributed by atoms with E-state index in [2.05, 4.69) is 68.6 Å². The molecule has 29 heavy (non-hydrogen) atoms. The lowest BCUT2D eigenvalue weighted by atomic mass is 9.78. The zero-order valence-corrected chi connectivity index (χ0v) is 17.1. The first-order valence-electron chi connectivity index (χ1n) is 10.1. The van der Waals surface area contributed by atoms with Gasteiger partial charge in [0.15, 0.2) is 0 Å². The Labute approximate surface area is 172 Å². The van der Waals surface area contributed by atoms with Crippen LogP contribution in [-0.2, 0) is 5.41 Å². The summed E-state index contributed by atoms with van der Waals surface area (Å²) in [7, 11) is 0. The van der Waals surface area contributed by atoms with Gasteiger partial charge in [0.05, 0.1) is 17.3 Å². The second-order valence-electron chi connectivity index (χ2n) is 8.84. The van der Waals surface area contributed by atoms with Gasteiger partial charge in [0.25, 0.3) is 0 Å². The first-order valence-corrected chi connectivity index (χ1v) is 10.1. The summed E-state index contributed by atoms with van der Waals surface area (Å²) in [5, 5.41) is 13.3. The molecule has 148 valence electrons. The predicted molar refractivity (Wildman–Crippen MR) is 118 cm³/mol. The van der Waals surface area contributed by atoms with Gasteiger partial charge < -0.3 is 10.4 Å². The van der Waals surface area contributed by atoms with Gasteiger partial charge in [-0.25, -0.2) is 4.79 Å². The predicted octanol–water partition coefficient (Wildman–Crippen LogP) is 6.37. The summed E-state index contributed by atoms with van der Waals surface area (Å²) in [4.78, 5) is 11.9. The third-order valence-electron chi connectivity index (χ3n) is 5.87. The number of para-hydroxylation sites is 1. The SMILES string of the molecule is CC(C)(C)c1ccc(C2CC(c3ccccc3)Nc3c(C(=O)O)cccc32)cc1. The Bertz CT molecular complexity index is 1020. The maximum atomic E-state index is 11.9. The van der Waals surface area contributed by atoms with E-state index >= 15 is 0 Å². The van der Waals surface area contributed by atoms with Gasteiger partial charge in [-0.3, -0.25) is 0 Å². The lowest BCUT2D eigenvalue weighted by molar-refractivity contribution is 0.0697. The Morgan fingerprint density at radius 3 is 2.21 bits per heavy atom. The summed E-state index contributed by atoms with van der Waals surface area (Å²) in [5.41, 5.74) is 5.94. The third kappa shape index (κ3) is 3.77. The highest BCUT2D eigenvalue weighted by atomic mass is 16.4. The molecule has 0 saturated heterocycles. The van der Waals surface area contributed by atoms with Gasteiger partial charge >= 0.3 is 5.97 Å². The molecular formula is C26H27NO2. The molecule has 0 fully saturated rings. The molecule has 2 atom stereocenters. The van der Waals surface area contributed by atoms with Crippen molar-refractivity contribution in [2.75, 3.05) is 5.32 Å². The largest absolute Gasteiger partial charge is 0.478 e. The Morgan fingerprint density at radius 2 is 1.59 bits per heavy atom. The summed E-state index contributed by atoms with van der Waals surface area (Å²) in [5.74, 6) is -0.755. The van der Waals surface area contributed by atoms with E-state index in [1.165, 1.54) is 16.7 Å². The smallest absolute Gasteiger partial charge is 0.337 e. The summed E-state index contributed by atoms with van der Waals surface area (Å²) in [6.45, 7) is 6.64. The number of hydrogen-bond acceptors (Lipinski definition) is 2.